The van der Waals surface area contributed by atoms with Gasteiger partial charge in [-0.15, -0.1) is 0 Å². The number of rotatable bonds is 7. The van der Waals surface area contributed by atoms with Gasteiger partial charge in [-0.3, -0.25) is 19.3 Å². The van der Waals surface area contributed by atoms with Gasteiger partial charge >= 0.3 is 0 Å². The number of aliphatic imine (C=N–C) groups is 1. The number of hydrogen-bond acceptors (Lipinski definition) is 6. The van der Waals surface area contributed by atoms with Crippen LogP contribution in [0, 0.1) is 5.92 Å². The van der Waals surface area contributed by atoms with Gasteiger partial charge in [-0.05, 0) is 42.7 Å². The quantitative estimate of drug-likeness (QED) is 0.617. The Labute approximate surface area is 175 Å². The third-order valence-corrected chi connectivity index (χ3v) is 5.90. The lowest BCUT2D eigenvalue weighted by Crippen LogP contribution is -2.47. The molecule has 2 amide bonds. The number of nitrogens with one attached hydrogen (secondary N) is 3. The molecule has 0 spiro atoms. The van der Waals surface area contributed by atoms with Crippen LogP contribution in [0.1, 0.15) is 37.2 Å². The summed E-state index contributed by atoms with van der Waals surface area (Å²) in [4.78, 5) is 29.1. The van der Waals surface area contributed by atoms with E-state index in [-0.39, 0.29) is 16.6 Å². The van der Waals surface area contributed by atoms with Crippen LogP contribution in [0.3, 0.4) is 0 Å². The van der Waals surface area contributed by atoms with Gasteiger partial charge < -0.3 is 15.1 Å². The van der Waals surface area contributed by atoms with Crippen LogP contribution in [0.5, 0.6) is 0 Å². The van der Waals surface area contributed by atoms with Crippen molar-refractivity contribution in [1.29, 1.82) is 0 Å². The van der Waals surface area contributed by atoms with E-state index >= 15 is 0 Å². The molecule has 1 aromatic carbocycles. The van der Waals surface area contributed by atoms with Crippen molar-refractivity contribution >= 4 is 33.4 Å². The molecule has 0 bridgehead atoms. The molecule has 1 aliphatic heterocycles. The van der Waals surface area contributed by atoms with E-state index in [1.807, 2.05) is 0 Å². The first-order valence-electron chi connectivity index (χ1n) is 9.58. The Morgan fingerprint density at radius 1 is 1.17 bits per heavy atom. The zero-order valence-electron chi connectivity index (χ0n) is 16.7. The molecule has 0 radical (unpaired) electrons. The number of carbonyl (C=O) groups excluding carboxylic acids is 2. The molecule has 1 aliphatic rings. The molecule has 0 saturated heterocycles. The summed E-state index contributed by atoms with van der Waals surface area (Å²) in [6.07, 6.45) is 2.77. The van der Waals surface area contributed by atoms with E-state index in [9.17, 15) is 18.0 Å². The maximum atomic E-state index is 12.8. The Kier molecular flexibility index (Phi) is 6.56. The van der Waals surface area contributed by atoms with Crippen LogP contribution in [0.25, 0.3) is 0 Å². The molecule has 2 heterocycles. The number of amides is 2. The summed E-state index contributed by atoms with van der Waals surface area (Å²) >= 11 is 0. The highest BCUT2D eigenvalue weighted by molar-refractivity contribution is 7.90. The second-order valence-electron chi connectivity index (χ2n) is 7.23. The Hall–Kier alpha value is -3.14. The molecule has 1 atom stereocenters. The van der Waals surface area contributed by atoms with Crippen molar-refractivity contribution in [2.75, 3.05) is 11.9 Å². The fourth-order valence-electron chi connectivity index (χ4n) is 2.95. The summed E-state index contributed by atoms with van der Waals surface area (Å²) in [5.41, 5.74) is 0.300. The highest BCUT2D eigenvalue weighted by Crippen LogP contribution is 2.17. The number of benzene rings is 1. The van der Waals surface area contributed by atoms with Crippen molar-refractivity contribution in [3.63, 3.8) is 0 Å². The van der Waals surface area contributed by atoms with Gasteiger partial charge in [-0.1, -0.05) is 19.9 Å². The topological polar surface area (TPSA) is 130 Å². The Balaban J connectivity index is 1.72. The predicted molar refractivity (Wildman–Crippen MR) is 112 cm³/mol. The van der Waals surface area contributed by atoms with Gasteiger partial charge in [-0.25, -0.2) is 8.42 Å². The highest BCUT2D eigenvalue weighted by Gasteiger charge is 2.26. The first-order valence-corrected chi connectivity index (χ1v) is 11.1. The van der Waals surface area contributed by atoms with Crippen molar-refractivity contribution < 1.29 is 22.4 Å². The standard InChI is InChI=1S/C20H24N4O5S/c1-13(2)18(23-19(25)16-8-5-11-29-16)20(26)22-14-6-3-7-15(12-14)30(27,28)24-17-9-4-10-21-17/h3,5-8,11-13,18H,4,9-10H2,1-2H3,(H,21,24)(H,22,26)(H,23,25). The van der Waals surface area contributed by atoms with Crippen LogP contribution in [0.2, 0.25) is 0 Å². The maximum Gasteiger partial charge on any atom is 0.287 e. The van der Waals surface area contributed by atoms with Gasteiger partial charge in [0, 0.05) is 18.7 Å². The molecule has 0 aliphatic carbocycles. The molecule has 0 fully saturated rings. The number of sulfonamides is 1. The van der Waals surface area contributed by atoms with Crippen LogP contribution in [0.15, 0.2) is 57.0 Å². The number of furan rings is 1. The number of hydrogen-bond donors (Lipinski definition) is 3. The molecule has 0 saturated carbocycles. The third-order valence-electron chi connectivity index (χ3n) is 4.52. The summed E-state index contributed by atoms with van der Waals surface area (Å²) < 4.78 is 32.7. The van der Waals surface area contributed by atoms with E-state index in [0.29, 0.717) is 24.5 Å². The fraction of sp³-hybridized carbons (Fsp3) is 0.350. The second kappa shape index (κ2) is 9.12. The fourth-order valence-corrected chi connectivity index (χ4v) is 4.09. The lowest BCUT2D eigenvalue weighted by Gasteiger charge is -2.21. The summed E-state index contributed by atoms with van der Waals surface area (Å²) in [7, 11) is -3.80. The minimum absolute atomic E-state index is 0.00983. The Morgan fingerprint density at radius 3 is 2.60 bits per heavy atom. The van der Waals surface area contributed by atoms with Crippen LogP contribution < -0.4 is 15.4 Å². The lowest BCUT2D eigenvalue weighted by atomic mass is 10.0. The van der Waals surface area contributed by atoms with Crippen molar-refractivity contribution in [1.82, 2.24) is 10.0 Å². The van der Waals surface area contributed by atoms with Gasteiger partial charge in [0.25, 0.3) is 15.9 Å². The SMILES string of the molecule is CC(C)C(NC(=O)c1ccco1)C(=O)Nc1cccc(S(=O)(=O)NC2=NCCC2)c1. The molecule has 30 heavy (non-hydrogen) atoms. The minimum Gasteiger partial charge on any atom is -0.459 e. The maximum absolute atomic E-state index is 12.8. The van der Waals surface area contributed by atoms with E-state index in [4.69, 9.17) is 4.42 Å². The molecular formula is C20H24N4O5S. The van der Waals surface area contributed by atoms with E-state index in [0.717, 1.165) is 6.42 Å². The number of amidine groups is 1. The minimum atomic E-state index is -3.80. The first-order chi connectivity index (χ1) is 14.3. The van der Waals surface area contributed by atoms with Gasteiger partial charge in [-0.2, -0.15) is 0 Å². The van der Waals surface area contributed by atoms with Crippen LogP contribution >= 0.6 is 0 Å². The highest BCUT2D eigenvalue weighted by atomic mass is 32.2. The van der Waals surface area contributed by atoms with Crippen molar-refractivity contribution in [3.8, 4) is 0 Å². The number of nitrogens with zero attached hydrogens (tertiary/aromatic N) is 1. The molecular weight excluding hydrogens is 408 g/mol. The monoisotopic (exact) mass is 432 g/mol. The Morgan fingerprint density at radius 2 is 1.97 bits per heavy atom. The lowest BCUT2D eigenvalue weighted by molar-refractivity contribution is -0.118. The first kappa shape index (κ1) is 21.6. The third kappa shape index (κ3) is 5.26. The largest absolute Gasteiger partial charge is 0.459 e. The second-order valence-corrected chi connectivity index (χ2v) is 8.91. The van der Waals surface area contributed by atoms with Gasteiger partial charge in [0.2, 0.25) is 5.91 Å². The van der Waals surface area contributed by atoms with Gasteiger partial charge in [0.05, 0.1) is 11.2 Å². The smallest absolute Gasteiger partial charge is 0.287 e. The molecule has 2 aromatic rings. The van der Waals surface area contributed by atoms with E-state index in [2.05, 4.69) is 20.3 Å². The van der Waals surface area contributed by atoms with Crippen LogP contribution in [-0.4, -0.2) is 38.7 Å². The number of carbonyl (C=O) groups is 2. The zero-order chi connectivity index (χ0) is 21.7. The molecule has 1 aromatic heterocycles. The Bertz CT molecular complexity index is 1040. The van der Waals surface area contributed by atoms with Gasteiger partial charge in [0.15, 0.2) is 5.76 Å². The van der Waals surface area contributed by atoms with E-state index in [1.54, 1.807) is 26.0 Å². The zero-order valence-corrected chi connectivity index (χ0v) is 17.5. The number of anilines is 1. The molecule has 1 unspecified atom stereocenters. The summed E-state index contributed by atoms with van der Waals surface area (Å²) in [5, 5.41) is 5.31. The average molecular weight is 433 g/mol. The predicted octanol–water partition coefficient (Wildman–Crippen LogP) is 2.14. The van der Waals surface area contributed by atoms with E-state index in [1.165, 1.54) is 30.5 Å². The molecule has 3 N–H and O–H groups in total. The van der Waals surface area contributed by atoms with Crippen molar-refractivity contribution in [3.05, 3.63) is 48.4 Å². The van der Waals surface area contributed by atoms with Crippen LogP contribution in [0.4, 0.5) is 5.69 Å². The summed E-state index contributed by atoms with van der Waals surface area (Å²) in [6, 6.07) is 8.15. The summed E-state index contributed by atoms with van der Waals surface area (Å²) in [5.74, 6) is -0.649. The summed E-state index contributed by atoms with van der Waals surface area (Å²) in [6.45, 7) is 4.19. The van der Waals surface area contributed by atoms with E-state index < -0.39 is 27.9 Å². The van der Waals surface area contributed by atoms with Crippen molar-refractivity contribution in [2.45, 2.75) is 37.6 Å². The molecule has 10 heteroatoms. The normalized spacial score (nSPS) is 14.8. The van der Waals surface area contributed by atoms with Crippen molar-refractivity contribution in [2.24, 2.45) is 10.9 Å². The van der Waals surface area contributed by atoms with Gasteiger partial charge in [0.1, 0.15) is 11.9 Å². The molecule has 9 nitrogen and oxygen atoms in total. The van der Waals surface area contributed by atoms with Crippen LogP contribution in [-0.2, 0) is 14.8 Å². The molecule has 3 rings (SSSR count). The molecule has 160 valence electrons. The average Bonchev–Trinajstić information content (AvgIpc) is 3.39.